The van der Waals surface area contributed by atoms with Crippen molar-refractivity contribution < 1.29 is 19.1 Å². The van der Waals surface area contributed by atoms with Gasteiger partial charge in [0.05, 0.1) is 6.42 Å². The van der Waals surface area contributed by atoms with Gasteiger partial charge in [-0.15, -0.1) is 0 Å². The Morgan fingerprint density at radius 1 is 0.900 bits per heavy atom. The number of anilines is 1. The van der Waals surface area contributed by atoms with E-state index < -0.39 is 18.0 Å². The Labute approximate surface area is 175 Å². The third kappa shape index (κ3) is 5.41. The lowest BCUT2D eigenvalue weighted by Gasteiger charge is -2.18. The van der Waals surface area contributed by atoms with Crippen molar-refractivity contribution in [2.75, 3.05) is 5.32 Å². The molecule has 5 heteroatoms. The average Bonchev–Trinajstić information content (AvgIpc) is 2.74. The fourth-order valence-electron chi connectivity index (χ4n) is 3.06. The van der Waals surface area contributed by atoms with Gasteiger partial charge in [0.2, 0.25) is 6.10 Å². The fourth-order valence-corrected chi connectivity index (χ4v) is 3.06. The summed E-state index contributed by atoms with van der Waals surface area (Å²) < 4.78 is 5.59. The quantitative estimate of drug-likeness (QED) is 0.462. The van der Waals surface area contributed by atoms with Crippen LogP contribution in [0.1, 0.15) is 40.1 Å². The van der Waals surface area contributed by atoms with E-state index >= 15 is 0 Å². The first-order valence-electron chi connectivity index (χ1n) is 9.65. The second-order valence-corrected chi connectivity index (χ2v) is 7.01. The number of ketones is 1. The normalized spacial score (nSPS) is 11.4. The summed E-state index contributed by atoms with van der Waals surface area (Å²) in [5, 5.41) is 2.75. The number of aryl methyl sites for hydroxylation is 1. The van der Waals surface area contributed by atoms with Gasteiger partial charge in [-0.05, 0) is 37.1 Å². The van der Waals surface area contributed by atoms with Gasteiger partial charge >= 0.3 is 5.97 Å². The summed E-state index contributed by atoms with van der Waals surface area (Å²) in [7, 11) is 0. The highest BCUT2D eigenvalue weighted by molar-refractivity contribution is 5.99. The van der Waals surface area contributed by atoms with Crippen molar-refractivity contribution in [3.05, 3.63) is 101 Å². The molecule has 1 amide bonds. The molecule has 0 heterocycles. The summed E-state index contributed by atoms with van der Waals surface area (Å²) in [6, 6.07) is 23.0. The molecule has 0 aliphatic carbocycles. The summed E-state index contributed by atoms with van der Waals surface area (Å²) in [4.78, 5) is 37.2. The summed E-state index contributed by atoms with van der Waals surface area (Å²) >= 11 is 0. The minimum Gasteiger partial charge on any atom is -0.447 e. The maximum absolute atomic E-state index is 13.0. The average molecular weight is 401 g/mol. The molecule has 3 rings (SSSR count). The molecule has 3 aromatic carbocycles. The molecule has 1 atom stereocenters. The van der Waals surface area contributed by atoms with E-state index in [1.165, 1.54) is 6.92 Å². The molecule has 152 valence electrons. The minimum absolute atomic E-state index is 0.0725. The zero-order valence-corrected chi connectivity index (χ0v) is 16.9. The van der Waals surface area contributed by atoms with Gasteiger partial charge in [0, 0.05) is 16.8 Å². The number of esters is 1. The van der Waals surface area contributed by atoms with Crippen molar-refractivity contribution >= 4 is 23.3 Å². The zero-order chi connectivity index (χ0) is 21.5. The number of ether oxygens (including phenoxy) is 1. The molecule has 0 fully saturated rings. The highest BCUT2D eigenvalue weighted by atomic mass is 16.5. The smallest absolute Gasteiger partial charge is 0.311 e. The first-order valence-corrected chi connectivity index (χ1v) is 9.65. The largest absolute Gasteiger partial charge is 0.447 e. The fraction of sp³-hybridized carbons (Fsp3) is 0.160. The molecule has 1 unspecified atom stereocenters. The molecule has 30 heavy (non-hydrogen) atoms. The Balaban J connectivity index is 1.79. The molecule has 0 aliphatic heterocycles. The SMILES string of the molecule is CC(=O)c1cccc(NC(=O)C(OC(=O)Cc2ccccc2C)c2ccccc2)c1. The monoisotopic (exact) mass is 401 g/mol. The molecule has 1 N–H and O–H groups in total. The predicted molar refractivity (Wildman–Crippen MR) is 115 cm³/mol. The number of hydrogen-bond acceptors (Lipinski definition) is 4. The summed E-state index contributed by atoms with van der Waals surface area (Å²) in [6.45, 7) is 3.38. The molecule has 0 saturated heterocycles. The van der Waals surface area contributed by atoms with Crippen LogP contribution in [-0.4, -0.2) is 17.7 Å². The lowest BCUT2D eigenvalue weighted by atomic mass is 10.1. The van der Waals surface area contributed by atoms with Crippen LogP contribution in [0.2, 0.25) is 0 Å². The number of hydrogen-bond donors (Lipinski definition) is 1. The molecule has 0 saturated carbocycles. The highest BCUT2D eigenvalue weighted by Crippen LogP contribution is 2.22. The van der Waals surface area contributed by atoms with Crippen molar-refractivity contribution in [2.45, 2.75) is 26.4 Å². The highest BCUT2D eigenvalue weighted by Gasteiger charge is 2.25. The Morgan fingerprint density at radius 3 is 2.30 bits per heavy atom. The third-order valence-corrected chi connectivity index (χ3v) is 4.72. The van der Waals surface area contributed by atoms with Crippen LogP contribution >= 0.6 is 0 Å². The first kappa shape index (κ1) is 21.0. The molecular weight excluding hydrogens is 378 g/mol. The van der Waals surface area contributed by atoms with Crippen molar-refractivity contribution in [3.8, 4) is 0 Å². The van der Waals surface area contributed by atoms with Gasteiger partial charge in [0.1, 0.15) is 0 Å². The van der Waals surface area contributed by atoms with Crippen LogP contribution in [0.5, 0.6) is 0 Å². The molecule has 0 aliphatic rings. The Morgan fingerprint density at radius 2 is 1.60 bits per heavy atom. The number of carbonyl (C=O) groups is 3. The van der Waals surface area contributed by atoms with Crippen molar-refractivity contribution in [3.63, 3.8) is 0 Å². The number of rotatable bonds is 7. The van der Waals surface area contributed by atoms with E-state index in [2.05, 4.69) is 5.32 Å². The third-order valence-electron chi connectivity index (χ3n) is 4.72. The van der Waals surface area contributed by atoms with Crippen LogP contribution in [0.25, 0.3) is 0 Å². The predicted octanol–water partition coefficient (Wildman–Crippen LogP) is 4.66. The molecular formula is C25H23NO4. The lowest BCUT2D eigenvalue weighted by molar-refractivity contribution is -0.154. The van der Waals surface area contributed by atoms with Crippen LogP contribution < -0.4 is 5.32 Å². The lowest BCUT2D eigenvalue weighted by Crippen LogP contribution is -2.26. The van der Waals surface area contributed by atoms with E-state index in [9.17, 15) is 14.4 Å². The van der Waals surface area contributed by atoms with Gasteiger partial charge in [-0.3, -0.25) is 14.4 Å². The van der Waals surface area contributed by atoms with Gasteiger partial charge in [-0.1, -0.05) is 66.7 Å². The topological polar surface area (TPSA) is 72.5 Å². The van der Waals surface area contributed by atoms with Gasteiger partial charge in [0.25, 0.3) is 5.91 Å². The van der Waals surface area contributed by atoms with Crippen molar-refractivity contribution in [2.24, 2.45) is 0 Å². The second kappa shape index (κ2) is 9.65. The van der Waals surface area contributed by atoms with Gasteiger partial charge < -0.3 is 10.1 Å². The Kier molecular flexibility index (Phi) is 6.75. The number of benzene rings is 3. The van der Waals surface area contributed by atoms with E-state index in [0.29, 0.717) is 16.8 Å². The molecule has 0 bridgehead atoms. The molecule has 0 spiro atoms. The standard InChI is InChI=1S/C25H23NO4/c1-17-9-6-7-12-20(17)16-23(28)30-24(19-10-4-3-5-11-19)25(29)26-22-14-8-13-21(15-22)18(2)27/h3-15,24H,16H2,1-2H3,(H,26,29). The number of nitrogens with one attached hydrogen (secondary N) is 1. The van der Waals surface area contributed by atoms with E-state index in [-0.39, 0.29) is 12.2 Å². The Hall–Kier alpha value is -3.73. The summed E-state index contributed by atoms with van der Waals surface area (Å²) in [5.74, 6) is -1.08. The molecule has 0 radical (unpaired) electrons. The number of amides is 1. The van der Waals surface area contributed by atoms with E-state index in [1.807, 2.05) is 37.3 Å². The van der Waals surface area contributed by atoms with Crippen LogP contribution in [0, 0.1) is 6.92 Å². The van der Waals surface area contributed by atoms with Crippen LogP contribution in [0.3, 0.4) is 0 Å². The van der Waals surface area contributed by atoms with Gasteiger partial charge in [-0.25, -0.2) is 0 Å². The molecule has 5 nitrogen and oxygen atoms in total. The number of carbonyl (C=O) groups excluding carboxylic acids is 3. The second-order valence-electron chi connectivity index (χ2n) is 7.01. The number of Topliss-reactive ketones (excluding diaryl/α,β-unsaturated/α-hetero) is 1. The zero-order valence-electron chi connectivity index (χ0n) is 16.9. The maximum Gasteiger partial charge on any atom is 0.311 e. The Bertz CT molecular complexity index is 1060. The van der Waals surface area contributed by atoms with Crippen molar-refractivity contribution in [1.82, 2.24) is 0 Å². The maximum atomic E-state index is 13.0. The van der Waals surface area contributed by atoms with E-state index in [1.54, 1.807) is 48.5 Å². The van der Waals surface area contributed by atoms with E-state index in [0.717, 1.165) is 11.1 Å². The van der Waals surface area contributed by atoms with Crippen molar-refractivity contribution in [1.29, 1.82) is 0 Å². The molecule has 3 aromatic rings. The van der Waals surface area contributed by atoms with Crippen LogP contribution in [0.4, 0.5) is 5.69 Å². The van der Waals surface area contributed by atoms with Gasteiger partial charge in [0.15, 0.2) is 5.78 Å². The first-order chi connectivity index (χ1) is 14.4. The van der Waals surface area contributed by atoms with E-state index in [4.69, 9.17) is 4.74 Å². The summed E-state index contributed by atoms with van der Waals surface area (Å²) in [6.07, 6.45) is -1.04. The van der Waals surface area contributed by atoms with Crippen LogP contribution in [-0.2, 0) is 20.7 Å². The van der Waals surface area contributed by atoms with Gasteiger partial charge in [-0.2, -0.15) is 0 Å². The molecule has 0 aromatic heterocycles. The van der Waals surface area contributed by atoms with Crippen LogP contribution in [0.15, 0.2) is 78.9 Å². The minimum atomic E-state index is -1.11. The summed E-state index contributed by atoms with van der Waals surface area (Å²) in [5.41, 5.74) is 3.35.